The van der Waals surface area contributed by atoms with Crippen LogP contribution in [0.3, 0.4) is 0 Å². The molecule has 1 N–H and O–H groups in total. The van der Waals surface area contributed by atoms with Crippen molar-refractivity contribution in [3.63, 3.8) is 0 Å². The van der Waals surface area contributed by atoms with Crippen molar-refractivity contribution in [2.24, 2.45) is 0 Å². The number of carbonyl (C=O) groups is 2. The Bertz CT molecular complexity index is 1250. The van der Waals surface area contributed by atoms with Crippen LogP contribution in [0, 0.1) is 0 Å². The normalized spacial score (nSPS) is 14.1. The smallest absolute Gasteiger partial charge is 0.462 e. The molecule has 0 spiro atoms. The molecule has 2 atom stereocenters. The Balaban J connectivity index is 4.40. The summed E-state index contributed by atoms with van der Waals surface area (Å²) < 4.78 is 33.5. The van der Waals surface area contributed by atoms with Gasteiger partial charge in [-0.25, -0.2) is 4.57 Å². The van der Waals surface area contributed by atoms with Gasteiger partial charge < -0.3 is 19.3 Å². The number of allylic oxidation sites excluding steroid dienone is 14. The van der Waals surface area contributed by atoms with Crippen molar-refractivity contribution in [3.8, 4) is 0 Å². The number of hydrogen-bond acceptors (Lipinski definition) is 8. The van der Waals surface area contributed by atoms with E-state index in [4.69, 9.17) is 18.5 Å². The SMILES string of the molecule is CCCCC/C=C\C/C=C\C/C=C\C/C=C\CCCCCC(=O)OC(COC(=O)CCCCCC/C=C\C/C=C\C/C=C\CCCCC)COP(=O)(O)OCCN(C)C. The maximum Gasteiger partial charge on any atom is 0.472 e. The molecule has 0 amide bonds. The molecule has 0 aliphatic carbocycles. The zero-order chi connectivity index (χ0) is 43.3. The summed E-state index contributed by atoms with van der Waals surface area (Å²) in [4.78, 5) is 37.1. The highest BCUT2D eigenvalue weighted by Crippen LogP contribution is 2.43. The van der Waals surface area contributed by atoms with Crippen LogP contribution in [-0.2, 0) is 32.7 Å². The molecule has 0 radical (unpaired) electrons. The van der Waals surface area contributed by atoms with Crippen molar-refractivity contribution in [2.75, 3.05) is 40.5 Å². The molecular formula is C49H84NO8P. The second-order valence-electron chi connectivity index (χ2n) is 15.2. The Morgan fingerprint density at radius 2 is 0.915 bits per heavy atom. The van der Waals surface area contributed by atoms with Crippen LogP contribution in [0.1, 0.15) is 168 Å². The molecule has 0 aromatic rings. The van der Waals surface area contributed by atoms with E-state index in [1.165, 1.54) is 51.4 Å². The lowest BCUT2D eigenvalue weighted by Gasteiger charge is -2.20. The Morgan fingerprint density at radius 3 is 1.36 bits per heavy atom. The van der Waals surface area contributed by atoms with E-state index in [0.29, 0.717) is 19.4 Å². The highest BCUT2D eigenvalue weighted by molar-refractivity contribution is 7.47. The van der Waals surface area contributed by atoms with Crippen LogP contribution in [0.4, 0.5) is 0 Å². The third kappa shape index (κ3) is 44.6. The lowest BCUT2D eigenvalue weighted by atomic mass is 10.1. The number of likely N-dealkylation sites (N-methyl/N-ethyl adjacent to an activating group) is 1. The largest absolute Gasteiger partial charge is 0.472 e. The molecule has 0 aromatic carbocycles. The summed E-state index contributed by atoms with van der Waals surface area (Å²) in [5, 5.41) is 0. The van der Waals surface area contributed by atoms with E-state index in [9.17, 15) is 19.0 Å². The molecule has 0 aromatic heterocycles. The highest BCUT2D eigenvalue weighted by atomic mass is 31.2. The fourth-order valence-corrected chi connectivity index (χ4v) is 6.36. The molecule has 10 heteroatoms. The van der Waals surface area contributed by atoms with Gasteiger partial charge in [0.2, 0.25) is 0 Å². The van der Waals surface area contributed by atoms with Gasteiger partial charge in [0.05, 0.1) is 13.2 Å². The Labute approximate surface area is 360 Å². The summed E-state index contributed by atoms with van der Waals surface area (Å²) in [5.74, 6) is -0.871. The van der Waals surface area contributed by atoms with Gasteiger partial charge >= 0.3 is 19.8 Å². The van der Waals surface area contributed by atoms with Crippen molar-refractivity contribution in [1.29, 1.82) is 0 Å². The standard InChI is InChI=1S/C49H84NO8P/c1-5-7-9-11-13-15-17-19-21-23-24-26-28-30-32-34-36-38-40-42-49(52)58-47(46-57-59(53,54)56-44-43-50(3)4)45-55-48(51)41-39-37-35-33-31-29-27-25-22-20-18-16-14-12-10-8-6-2/h13-16,19-22,24,26-27,29-30,32,47H,5-12,17-18,23,25,28,31,33-46H2,1-4H3,(H,53,54)/b15-13-,16-14-,21-19-,22-20-,26-24-,29-27-,32-30-. The molecule has 9 nitrogen and oxygen atoms in total. The Kier molecular flexibility index (Phi) is 41.2. The summed E-state index contributed by atoms with van der Waals surface area (Å²) >= 11 is 0. The third-order valence-electron chi connectivity index (χ3n) is 9.17. The monoisotopic (exact) mass is 846 g/mol. The van der Waals surface area contributed by atoms with Crippen molar-refractivity contribution >= 4 is 19.8 Å². The van der Waals surface area contributed by atoms with Crippen LogP contribution in [0.25, 0.3) is 0 Å². The lowest BCUT2D eigenvalue weighted by molar-refractivity contribution is -0.161. The molecule has 0 saturated heterocycles. The molecule has 0 fully saturated rings. The predicted molar refractivity (Wildman–Crippen MR) is 247 cm³/mol. The second-order valence-corrected chi connectivity index (χ2v) is 16.7. The number of phosphoric acid groups is 1. The fourth-order valence-electron chi connectivity index (χ4n) is 5.62. The van der Waals surface area contributed by atoms with E-state index in [-0.39, 0.29) is 26.1 Å². The minimum absolute atomic E-state index is 0.00767. The van der Waals surface area contributed by atoms with Gasteiger partial charge in [-0.15, -0.1) is 0 Å². The van der Waals surface area contributed by atoms with E-state index < -0.39 is 32.5 Å². The van der Waals surface area contributed by atoms with Crippen molar-refractivity contribution in [1.82, 2.24) is 4.90 Å². The molecule has 0 aliphatic heterocycles. The lowest BCUT2D eigenvalue weighted by Crippen LogP contribution is -2.29. The minimum Gasteiger partial charge on any atom is -0.462 e. The van der Waals surface area contributed by atoms with Gasteiger partial charge in [-0.2, -0.15) is 0 Å². The molecule has 0 rings (SSSR count). The van der Waals surface area contributed by atoms with Crippen LogP contribution < -0.4 is 0 Å². The summed E-state index contributed by atoms with van der Waals surface area (Å²) in [5.41, 5.74) is 0. The number of unbranched alkanes of at least 4 members (excludes halogenated alkanes) is 13. The molecule has 0 bridgehead atoms. The Hall–Kier alpha value is -2.81. The average Bonchev–Trinajstić information content (AvgIpc) is 3.20. The maximum atomic E-state index is 12.7. The maximum absolute atomic E-state index is 12.7. The van der Waals surface area contributed by atoms with Gasteiger partial charge in [-0.05, 0) is 110 Å². The van der Waals surface area contributed by atoms with E-state index in [1.54, 1.807) is 0 Å². The number of phosphoric ester groups is 1. The predicted octanol–water partition coefficient (Wildman–Crippen LogP) is 13.4. The molecule has 0 heterocycles. The topological polar surface area (TPSA) is 112 Å². The number of carbonyl (C=O) groups excluding carboxylic acids is 2. The molecule has 2 unspecified atom stereocenters. The van der Waals surface area contributed by atoms with Crippen LogP contribution in [-0.4, -0.2) is 68.3 Å². The fraction of sp³-hybridized carbons (Fsp3) is 0.673. The molecule has 0 saturated carbocycles. The summed E-state index contributed by atoms with van der Waals surface area (Å²) in [7, 11) is -0.752. The zero-order valence-corrected chi connectivity index (χ0v) is 38.6. The number of esters is 2. The first-order chi connectivity index (χ1) is 28.7. The van der Waals surface area contributed by atoms with Gasteiger partial charge in [0.1, 0.15) is 6.61 Å². The third-order valence-corrected chi connectivity index (χ3v) is 10.2. The summed E-state index contributed by atoms with van der Waals surface area (Å²) in [6, 6.07) is 0. The first kappa shape index (κ1) is 56.2. The van der Waals surface area contributed by atoms with Crippen LogP contribution in [0.15, 0.2) is 85.1 Å². The molecular weight excluding hydrogens is 762 g/mol. The van der Waals surface area contributed by atoms with Crippen molar-refractivity contribution in [2.45, 2.75) is 174 Å². The van der Waals surface area contributed by atoms with Gasteiger partial charge in [-0.1, -0.05) is 144 Å². The second kappa shape index (κ2) is 43.3. The number of hydrogen-bond donors (Lipinski definition) is 1. The van der Waals surface area contributed by atoms with Crippen LogP contribution in [0.5, 0.6) is 0 Å². The van der Waals surface area contributed by atoms with Gasteiger partial charge in [0, 0.05) is 19.4 Å². The molecule has 59 heavy (non-hydrogen) atoms. The van der Waals surface area contributed by atoms with Gasteiger partial charge in [0.15, 0.2) is 6.10 Å². The minimum atomic E-state index is -4.38. The van der Waals surface area contributed by atoms with Gasteiger partial charge in [0.25, 0.3) is 0 Å². The molecule has 338 valence electrons. The number of nitrogens with zero attached hydrogens (tertiary/aromatic N) is 1. The first-order valence-electron chi connectivity index (χ1n) is 22.9. The van der Waals surface area contributed by atoms with Crippen molar-refractivity contribution in [3.05, 3.63) is 85.1 Å². The van der Waals surface area contributed by atoms with E-state index >= 15 is 0 Å². The first-order valence-corrected chi connectivity index (χ1v) is 24.4. The van der Waals surface area contributed by atoms with E-state index in [0.717, 1.165) is 77.0 Å². The summed E-state index contributed by atoms with van der Waals surface area (Å²) in [6.07, 6.45) is 53.4. The summed E-state index contributed by atoms with van der Waals surface area (Å²) in [6.45, 7) is 4.18. The number of ether oxygens (including phenoxy) is 2. The zero-order valence-electron chi connectivity index (χ0n) is 37.7. The van der Waals surface area contributed by atoms with E-state index in [1.807, 2.05) is 19.0 Å². The molecule has 0 aliphatic rings. The average molecular weight is 846 g/mol. The van der Waals surface area contributed by atoms with Crippen LogP contribution >= 0.6 is 7.82 Å². The van der Waals surface area contributed by atoms with E-state index in [2.05, 4.69) is 98.9 Å². The number of rotatable bonds is 41. The Morgan fingerprint density at radius 1 is 0.525 bits per heavy atom. The van der Waals surface area contributed by atoms with Gasteiger partial charge in [-0.3, -0.25) is 18.6 Å². The van der Waals surface area contributed by atoms with Crippen LogP contribution in [0.2, 0.25) is 0 Å². The quantitative estimate of drug-likeness (QED) is 0.0278. The highest BCUT2D eigenvalue weighted by Gasteiger charge is 2.26. The van der Waals surface area contributed by atoms with Crippen molar-refractivity contribution < 1.29 is 37.6 Å².